The van der Waals surface area contributed by atoms with Crippen LogP contribution in [0, 0.1) is 0 Å². The van der Waals surface area contributed by atoms with Gasteiger partial charge >= 0.3 is 22.5 Å². The van der Waals surface area contributed by atoms with E-state index in [9.17, 15) is 19.2 Å². The number of benzene rings is 2. The van der Waals surface area contributed by atoms with Gasteiger partial charge in [0.1, 0.15) is 0 Å². The highest BCUT2D eigenvalue weighted by molar-refractivity contribution is 9.11. The maximum atomic E-state index is 12.1. The second-order valence-corrected chi connectivity index (χ2v) is 6.37. The number of hydrogen-bond donors (Lipinski definition) is 0. The van der Waals surface area contributed by atoms with Crippen molar-refractivity contribution in [2.45, 2.75) is 0 Å². The Labute approximate surface area is 135 Å². The summed E-state index contributed by atoms with van der Waals surface area (Å²) in [6.45, 7) is 0. The molecule has 0 saturated heterocycles. The fraction of sp³-hybridized carbons (Fsp3) is 0. The average molecular weight is 426 g/mol. The first-order chi connectivity index (χ1) is 10.4. The summed E-state index contributed by atoms with van der Waals surface area (Å²) in [6.07, 6.45) is 0. The number of halogens is 2. The molecule has 108 valence electrons. The molecular weight excluding hydrogens is 424 g/mol. The zero-order valence-corrected chi connectivity index (χ0v) is 13.5. The minimum absolute atomic E-state index is 0.0139. The summed E-state index contributed by atoms with van der Waals surface area (Å²) in [6, 6.07) is 2.79. The Morgan fingerprint density at radius 1 is 0.591 bits per heavy atom. The van der Waals surface area contributed by atoms with Crippen LogP contribution in [-0.2, 0) is 0 Å². The van der Waals surface area contributed by atoms with E-state index in [4.69, 9.17) is 8.83 Å². The maximum absolute atomic E-state index is 12.1. The summed E-state index contributed by atoms with van der Waals surface area (Å²) in [4.78, 5) is 48.4. The molecule has 0 unspecified atom stereocenters. The average Bonchev–Trinajstić information content (AvgIpc) is 2.71. The standard InChI is InChI=1S/C14H2Br2O6/c15-5-1-3-7-8(9(5)13(19)21-11(3)17)4-2-6(16)10(7)14(20)22-12(4)18/h1-2H. The molecule has 22 heavy (non-hydrogen) atoms. The normalized spacial score (nSPS) is 11.9. The Hall–Kier alpha value is -2.06. The highest BCUT2D eigenvalue weighted by Gasteiger charge is 2.22. The van der Waals surface area contributed by atoms with Crippen LogP contribution in [0.15, 0.2) is 49.1 Å². The molecule has 0 radical (unpaired) electrons. The Morgan fingerprint density at radius 2 is 0.955 bits per heavy atom. The Kier molecular flexibility index (Phi) is 2.62. The first-order valence-electron chi connectivity index (χ1n) is 5.92. The highest BCUT2D eigenvalue weighted by Crippen LogP contribution is 2.36. The number of fused-ring (bicyclic) bond motifs is 6. The summed E-state index contributed by atoms with van der Waals surface area (Å²) < 4.78 is 10.1. The Morgan fingerprint density at radius 3 is 1.32 bits per heavy atom. The van der Waals surface area contributed by atoms with Crippen molar-refractivity contribution in [1.29, 1.82) is 0 Å². The predicted octanol–water partition coefficient (Wildman–Crippen LogP) is 2.17. The van der Waals surface area contributed by atoms with Crippen molar-refractivity contribution in [2.75, 3.05) is 0 Å². The second-order valence-electron chi connectivity index (χ2n) is 4.67. The van der Waals surface area contributed by atoms with Gasteiger partial charge in [0.2, 0.25) is 0 Å². The van der Waals surface area contributed by atoms with E-state index in [1.165, 1.54) is 12.1 Å². The fourth-order valence-electron chi connectivity index (χ4n) is 2.67. The third-order valence-corrected chi connectivity index (χ3v) is 4.78. The van der Waals surface area contributed by atoms with Gasteiger partial charge in [0.15, 0.2) is 0 Å². The molecule has 0 aliphatic heterocycles. The zero-order chi connectivity index (χ0) is 15.8. The van der Waals surface area contributed by atoms with Crippen molar-refractivity contribution in [3.8, 4) is 0 Å². The van der Waals surface area contributed by atoms with Gasteiger partial charge in [-0.2, -0.15) is 0 Å². The first-order valence-corrected chi connectivity index (χ1v) is 7.50. The molecule has 0 N–H and O–H groups in total. The molecule has 0 saturated carbocycles. The minimum Gasteiger partial charge on any atom is -0.386 e. The first kappa shape index (κ1) is 13.6. The van der Waals surface area contributed by atoms with Crippen molar-refractivity contribution < 1.29 is 8.83 Å². The van der Waals surface area contributed by atoms with Gasteiger partial charge in [-0.3, -0.25) is 0 Å². The van der Waals surface area contributed by atoms with Crippen LogP contribution in [0.4, 0.5) is 0 Å². The molecule has 0 atom stereocenters. The molecular formula is C14H2Br2O6. The van der Waals surface area contributed by atoms with Crippen LogP contribution in [0.25, 0.3) is 32.3 Å². The van der Waals surface area contributed by atoms with E-state index >= 15 is 0 Å². The van der Waals surface area contributed by atoms with Crippen molar-refractivity contribution in [2.24, 2.45) is 0 Å². The SMILES string of the molecule is O=c1oc(=O)c2c(Br)cc1c1c3c(Br)cc(c(=O)oc3=O)c21. The molecule has 2 aromatic carbocycles. The molecule has 4 aromatic heterocycles. The van der Waals surface area contributed by atoms with E-state index in [1.807, 2.05) is 0 Å². The van der Waals surface area contributed by atoms with Crippen molar-refractivity contribution in [3.05, 3.63) is 62.8 Å². The van der Waals surface area contributed by atoms with E-state index in [0.717, 1.165) is 0 Å². The second kappa shape index (κ2) is 4.23. The molecule has 0 fully saturated rings. The predicted molar refractivity (Wildman–Crippen MR) is 86.3 cm³/mol. The lowest BCUT2D eigenvalue weighted by Gasteiger charge is -2.03. The molecule has 0 spiro atoms. The largest absolute Gasteiger partial charge is 0.386 e. The summed E-state index contributed by atoms with van der Waals surface area (Å²) in [5, 5.41) is 0.407. The van der Waals surface area contributed by atoms with Crippen LogP contribution in [0.3, 0.4) is 0 Å². The third kappa shape index (κ3) is 1.53. The molecule has 4 bridgehead atoms. The summed E-state index contributed by atoms with van der Waals surface area (Å²) in [5.41, 5.74) is -3.55. The van der Waals surface area contributed by atoms with Gasteiger partial charge in [-0.05, 0) is 44.0 Å². The van der Waals surface area contributed by atoms with Gasteiger partial charge in [-0.1, -0.05) is 0 Å². The lowest BCUT2D eigenvalue weighted by molar-refractivity contribution is 0.491. The molecule has 0 aliphatic carbocycles. The summed E-state index contributed by atoms with van der Waals surface area (Å²) in [7, 11) is 0. The molecule has 8 heteroatoms. The van der Waals surface area contributed by atoms with Gasteiger partial charge in [0.25, 0.3) is 0 Å². The Bertz CT molecular complexity index is 1210. The minimum atomic E-state index is -0.890. The van der Waals surface area contributed by atoms with Crippen LogP contribution in [0.5, 0.6) is 0 Å². The van der Waals surface area contributed by atoms with Gasteiger partial charge in [-0.25, -0.2) is 19.2 Å². The number of hydrogen-bond acceptors (Lipinski definition) is 6. The zero-order valence-electron chi connectivity index (χ0n) is 10.4. The van der Waals surface area contributed by atoms with Gasteiger partial charge in [0.05, 0.1) is 21.5 Å². The number of rotatable bonds is 0. The lowest BCUT2D eigenvalue weighted by Crippen LogP contribution is -2.04. The maximum Gasteiger partial charge on any atom is 0.347 e. The van der Waals surface area contributed by atoms with E-state index in [1.54, 1.807) is 0 Å². The fourth-order valence-corrected chi connectivity index (χ4v) is 3.85. The van der Waals surface area contributed by atoms with Crippen LogP contribution in [-0.4, -0.2) is 0 Å². The van der Waals surface area contributed by atoms with Crippen LogP contribution >= 0.6 is 31.9 Å². The molecule has 6 nitrogen and oxygen atoms in total. The van der Waals surface area contributed by atoms with E-state index in [0.29, 0.717) is 8.95 Å². The molecule has 6 aromatic rings. The third-order valence-electron chi connectivity index (χ3n) is 3.53. The lowest BCUT2D eigenvalue weighted by atomic mass is 10.00. The highest BCUT2D eigenvalue weighted by atomic mass is 79.9. The van der Waals surface area contributed by atoms with Gasteiger partial charge in [-0.15, -0.1) is 0 Å². The molecule has 0 amide bonds. The smallest absolute Gasteiger partial charge is 0.347 e. The van der Waals surface area contributed by atoms with E-state index in [2.05, 4.69) is 31.9 Å². The van der Waals surface area contributed by atoms with Crippen LogP contribution < -0.4 is 22.5 Å². The van der Waals surface area contributed by atoms with Crippen molar-refractivity contribution >= 4 is 64.2 Å². The molecule has 4 heterocycles. The van der Waals surface area contributed by atoms with Gasteiger partial charge in [0, 0.05) is 19.7 Å². The van der Waals surface area contributed by atoms with Crippen LogP contribution in [0.2, 0.25) is 0 Å². The molecule has 0 aliphatic rings. The van der Waals surface area contributed by atoms with Crippen molar-refractivity contribution in [1.82, 2.24) is 0 Å². The quantitative estimate of drug-likeness (QED) is 0.428. The topological polar surface area (TPSA) is 94.6 Å². The van der Waals surface area contributed by atoms with Crippen molar-refractivity contribution in [3.63, 3.8) is 0 Å². The van der Waals surface area contributed by atoms with E-state index in [-0.39, 0.29) is 32.3 Å². The summed E-state index contributed by atoms with van der Waals surface area (Å²) >= 11 is 6.39. The Balaban J connectivity index is 2.75. The van der Waals surface area contributed by atoms with E-state index < -0.39 is 22.5 Å². The monoisotopic (exact) mass is 424 g/mol. The summed E-state index contributed by atoms with van der Waals surface area (Å²) in [5.74, 6) is 0. The van der Waals surface area contributed by atoms with Crippen LogP contribution in [0.1, 0.15) is 0 Å². The molecule has 6 rings (SSSR count). The van der Waals surface area contributed by atoms with Gasteiger partial charge < -0.3 is 8.83 Å².